The molecule has 0 bridgehead atoms. The number of nitrogens with two attached hydrogens (primary N) is 1. The Morgan fingerprint density at radius 1 is 1.32 bits per heavy atom. The molecule has 0 aliphatic carbocycles. The van der Waals surface area contributed by atoms with Crippen molar-refractivity contribution in [2.75, 3.05) is 39.0 Å². The predicted octanol–water partition coefficient (Wildman–Crippen LogP) is 1.37. The molecule has 1 heterocycles. The molecule has 104 valence electrons. The first-order chi connectivity index (χ1) is 9.16. The van der Waals surface area contributed by atoms with Crippen molar-refractivity contribution in [2.24, 2.45) is 0 Å². The van der Waals surface area contributed by atoms with Crippen LogP contribution in [0, 0.1) is 0 Å². The first-order valence-electron chi connectivity index (χ1n) is 6.96. The van der Waals surface area contributed by atoms with E-state index in [1.54, 1.807) is 0 Å². The van der Waals surface area contributed by atoms with Gasteiger partial charge in [0.2, 0.25) is 5.91 Å². The number of para-hydroxylation sites is 1. The molecule has 0 atom stereocenters. The molecule has 1 fully saturated rings. The topological polar surface area (TPSA) is 49.6 Å². The lowest BCUT2D eigenvalue weighted by Gasteiger charge is -2.21. The minimum atomic E-state index is 0.136. The summed E-state index contributed by atoms with van der Waals surface area (Å²) in [7, 11) is 1.87. The molecule has 0 radical (unpaired) electrons. The van der Waals surface area contributed by atoms with E-state index in [-0.39, 0.29) is 5.91 Å². The van der Waals surface area contributed by atoms with Crippen LogP contribution < -0.4 is 5.73 Å². The van der Waals surface area contributed by atoms with Crippen LogP contribution in [-0.4, -0.2) is 48.9 Å². The highest BCUT2D eigenvalue weighted by atomic mass is 16.2. The van der Waals surface area contributed by atoms with Crippen molar-refractivity contribution in [1.82, 2.24) is 9.80 Å². The van der Waals surface area contributed by atoms with Gasteiger partial charge in [0.15, 0.2) is 0 Å². The third-order valence-electron chi connectivity index (χ3n) is 3.77. The van der Waals surface area contributed by atoms with Gasteiger partial charge in [-0.05, 0) is 37.6 Å². The minimum Gasteiger partial charge on any atom is -0.398 e. The number of benzene rings is 1. The number of likely N-dealkylation sites (tertiary alicyclic amines) is 1. The van der Waals surface area contributed by atoms with Gasteiger partial charge in [0.05, 0.1) is 6.42 Å². The molecule has 0 saturated carbocycles. The Kier molecular flexibility index (Phi) is 4.80. The molecule has 1 aliphatic heterocycles. The lowest BCUT2D eigenvalue weighted by molar-refractivity contribution is -0.129. The summed E-state index contributed by atoms with van der Waals surface area (Å²) in [6.07, 6.45) is 2.97. The zero-order chi connectivity index (χ0) is 13.7. The van der Waals surface area contributed by atoms with Crippen LogP contribution in [0.4, 0.5) is 5.69 Å². The Morgan fingerprint density at radius 2 is 2.00 bits per heavy atom. The molecule has 2 N–H and O–H groups in total. The summed E-state index contributed by atoms with van der Waals surface area (Å²) in [5, 5.41) is 0. The van der Waals surface area contributed by atoms with Crippen LogP contribution >= 0.6 is 0 Å². The van der Waals surface area contributed by atoms with E-state index in [4.69, 9.17) is 5.73 Å². The highest BCUT2D eigenvalue weighted by Gasteiger charge is 2.15. The maximum absolute atomic E-state index is 12.1. The first kappa shape index (κ1) is 13.9. The number of carbonyl (C=O) groups is 1. The van der Waals surface area contributed by atoms with Gasteiger partial charge < -0.3 is 15.5 Å². The van der Waals surface area contributed by atoms with E-state index >= 15 is 0 Å². The standard InChI is InChI=1S/C15H23N3O/c1-17(10-11-18-8-4-5-9-18)15(19)12-13-6-2-3-7-14(13)16/h2-3,6-7H,4-5,8-12,16H2,1H3. The normalized spacial score (nSPS) is 15.6. The van der Waals surface area contributed by atoms with Crippen molar-refractivity contribution in [3.63, 3.8) is 0 Å². The Bertz CT molecular complexity index is 427. The van der Waals surface area contributed by atoms with E-state index in [0.717, 1.165) is 18.7 Å². The van der Waals surface area contributed by atoms with Gasteiger partial charge in [-0.2, -0.15) is 0 Å². The molecule has 1 aromatic rings. The fourth-order valence-corrected chi connectivity index (χ4v) is 2.42. The summed E-state index contributed by atoms with van der Waals surface area (Å²) >= 11 is 0. The summed E-state index contributed by atoms with van der Waals surface area (Å²) in [4.78, 5) is 16.3. The van der Waals surface area contributed by atoms with Gasteiger partial charge >= 0.3 is 0 Å². The van der Waals surface area contributed by atoms with Crippen molar-refractivity contribution in [3.8, 4) is 0 Å². The Morgan fingerprint density at radius 3 is 2.68 bits per heavy atom. The number of hydrogen-bond donors (Lipinski definition) is 1. The number of rotatable bonds is 5. The number of nitrogens with zero attached hydrogens (tertiary/aromatic N) is 2. The Balaban J connectivity index is 1.80. The van der Waals surface area contributed by atoms with E-state index in [1.807, 2.05) is 36.2 Å². The average Bonchev–Trinajstić information content (AvgIpc) is 2.91. The Labute approximate surface area is 115 Å². The summed E-state index contributed by atoms with van der Waals surface area (Å²) in [5.74, 6) is 0.136. The van der Waals surface area contributed by atoms with Crippen LogP contribution in [-0.2, 0) is 11.2 Å². The zero-order valence-corrected chi connectivity index (χ0v) is 11.6. The van der Waals surface area contributed by atoms with Gasteiger partial charge in [0.25, 0.3) is 0 Å². The fourth-order valence-electron chi connectivity index (χ4n) is 2.42. The van der Waals surface area contributed by atoms with Crippen LogP contribution in [0.2, 0.25) is 0 Å². The maximum atomic E-state index is 12.1. The van der Waals surface area contributed by atoms with Gasteiger partial charge in [-0.3, -0.25) is 4.79 Å². The van der Waals surface area contributed by atoms with Gasteiger partial charge in [-0.15, -0.1) is 0 Å². The van der Waals surface area contributed by atoms with Crippen LogP contribution in [0.3, 0.4) is 0 Å². The molecule has 4 nitrogen and oxygen atoms in total. The summed E-state index contributed by atoms with van der Waals surface area (Å²) < 4.78 is 0. The third-order valence-corrected chi connectivity index (χ3v) is 3.77. The van der Waals surface area contributed by atoms with Gasteiger partial charge in [0, 0.05) is 25.8 Å². The molecule has 19 heavy (non-hydrogen) atoms. The Hall–Kier alpha value is -1.55. The van der Waals surface area contributed by atoms with Crippen LogP contribution in [0.15, 0.2) is 24.3 Å². The smallest absolute Gasteiger partial charge is 0.226 e. The molecule has 1 amide bonds. The van der Waals surface area contributed by atoms with Gasteiger partial charge in [-0.1, -0.05) is 18.2 Å². The van der Waals surface area contributed by atoms with E-state index < -0.39 is 0 Å². The molecule has 1 aliphatic rings. The van der Waals surface area contributed by atoms with E-state index in [0.29, 0.717) is 12.1 Å². The van der Waals surface area contributed by atoms with E-state index in [9.17, 15) is 4.79 Å². The van der Waals surface area contributed by atoms with Gasteiger partial charge in [0.1, 0.15) is 0 Å². The van der Waals surface area contributed by atoms with Crippen molar-refractivity contribution in [2.45, 2.75) is 19.3 Å². The molecular weight excluding hydrogens is 238 g/mol. The minimum absolute atomic E-state index is 0.136. The lowest BCUT2D eigenvalue weighted by atomic mass is 10.1. The summed E-state index contributed by atoms with van der Waals surface area (Å²) in [6, 6.07) is 7.57. The number of hydrogen-bond acceptors (Lipinski definition) is 3. The van der Waals surface area contributed by atoms with E-state index in [2.05, 4.69) is 4.90 Å². The van der Waals surface area contributed by atoms with Crippen molar-refractivity contribution in [3.05, 3.63) is 29.8 Å². The van der Waals surface area contributed by atoms with Crippen LogP contribution in [0.5, 0.6) is 0 Å². The van der Waals surface area contributed by atoms with Crippen LogP contribution in [0.25, 0.3) is 0 Å². The second-order valence-electron chi connectivity index (χ2n) is 5.24. The van der Waals surface area contributed by atoms with Crippen LogP contribution in [0.1, 0.15) is 18.4 Å². The highest BCUT2D eigenvalue weighted by Crippen LogP contribution is 2.12. The highest BCUT2D eigenvalue weighted by molar-refractivity contribution is 5.80. The number of nitrogen functional groups attached to an aromatic ring is 1. The molecular formula is C15H23N3O. The van der Waals surface area contributed by atoms with E-state index in [1.165, 1.54) is 25.9 Å². The molecule has 0 aromatic heterocycles. The molecule has 0 spiro atoms. The second-order valence-corrected chi connectivity index (χ2v) is 5.24. The molecule has 1 aromatic carbocycles. The average molecular weight is 261 g/mol. The zero-order valence-electron chi connectivity index (χ0n) is 11.6. The number of likely N-dealkylation sites (N-methyl/N-ethyl adjacent to an activating group) is 1. The SMILES string of the molecule is CN(CCN1CCCC1)C(=O)Cc1ccccc1N. The molecule has 1 saturated heterocycles. The molecule has 0 unspecified atom stereocenters. The molecule has 2 rings (SSSR count). The van der Waals surface area contributed by atoms with Gasteiger partial charge in [-0.25, -0.2) is 0 Å². The number of anilines is 1. The predicted molar refractivity (Wildman–Crippen MR) is 77.9 cm³/mol. The second kappa shape index (κ2) is 6.57. The summed E-state index contributed by atoms with van der Waals surface area (Å²) in [5.41, 5.74) is 7.48. The van der Waals surface area contributed by atoms with Crippen molar-refractivity contribution in [1.29, 1.82) is 0 Å². The third kappa shape index (κ3) is 3.96. The first-order valence-corrected chi connectivity index (χ1v) is 6.96. The fraction of sp³-hybridized carbons (Fsp3) is 0.533. The monoisotopic (exact) mass is 261 g/mol. The number of amides is 1. The van der Waals surface area contributed by atoms with Crippen molar-refractivity contribution >= 4 is 11.6 Å². The number of carbonyl (C=O) groups excluding carboxylic acids is 1. The summed E-state index contributed by atoms with van der Waals surface area (Å²) in [6.45, 7) is 4.12. The van der Waals surface area contributed by atoms with Crippen molar-refractivity contribution < 1.29 is 4.79 Å². The lowest BCUT2D eigenvalue weighted by Crippen LogP contribution is -2.36. The maximum Gasteiger partial charge on any atom is 0.226 e. The largest absolute Gasteiger partial charge is 0.398 e. The molecule has 4 heteroatoms. The quantitative estimate of drug-likeness (QED) is 0.814.